The number of nitrogens with zero attached hydrogens (tertiary/aromatic N) is 3. The minimum absolute atomic E-state index is 0.0935. The molecule has 2 atom stereocenters. The first kappa shape index (κ1) is 23.5. The molecule has 0 spiro atoms. The van der Waals surface area contributed by atoms with Crippen LogP contribution in [0.3, 0.4) is 0 Å². The number of fused-ring (bicyclic) bond motifs is 2. The van der Waals surface area contributed by atoms with Gasteiger partial charge in [-0.2, -0.15) is 5.26 Å². The average Bonchev–Trinajstić information content (AvgIpc) is 2.74. The smallest absolute Gasteiger partial charge is 0.338 e. The largest absolute Gasteiger partial charge is 0.449 e. The van der Waals surface area contributed by atoms with Crippen molar-refractivity contribution in [2.24, 2.45) is 5.92 Å². The Morgan fingerprint density at radius 1 is 1.22 bits per heavy atom. The molecular formula is C24H30N4O4. The SMILES string of the molecule is CC(C)[C@](C)(C#N)NC(=O)[C@H](C)OC(=O)c1ccc2c(=O)n3c(nc2c1)CCCCCC3. The van der Waals surface area contributed by atoms with Gasteiger partial charge in [0, 0.05) is 13.0 Å². The summed E-state index contributed by atoms with van der Waals surface area (Å²) in [6.45, 7) is 7.40. The summed E-state index contributed by atoms with van der Waals surface area (Å²) in [5, 5.41) is 12.5. The highest BCUT2D eigenvalue weighted by molar-refractivity contribution is 5.95. The lowest BCUT2D eigenvalue weighted by molar-refractivity contribution is -0.130. The fourth-order valence-electron chi connectivity index (χ4n) is 3.66. The molecule has 1 aliphatic heterocycles. The van der Waals surface area contributed by atoms with Crippen molar-refractivity contribution in [1.29, 1.82) is 5.26 Å². The molecule has 0 aliphatic carbocycles. The van der Waals surface area contributed by atoms with Crippen LogP contribution in [0.25, 0.3) is 10.9 Å². The summed E-state index contributed by atoms with van der Waals surface area (Å²) in [7, 11) is 0. The van der Waals surface area contributed by atoms with E-state index in [4.69, 9.17) is 4.74 Å². The highest BCUT2D eigenvalue weighted by Gasteiger charge is 2.32. The van der Waals surface area contributed by atoms with E-state index in [1.165, 1.54) is 19.1 Å². The zero-order valence-electron chi connectivity index (χ0n) is 19.1. The van der Waals surface area contributed by atoms with Crippen molar-refractivity contribution in [3.63, 3.8) is 0 Å². The molecule has 1 aromatic heterocycles. The standard InChI is InChI=1S/C24H30N4O4/c1-15(2)24(4,14-25)27-21(29)16(3)32-23(31)17-10-11-18-19(13-17)26-20-9-7-5-6-8-12-28(20)22(18)30/h10-11,13,15-16H,5-9,12H2,1-4H3,(H,27,29)/t16-,24-/m0/s1. The summed E-state index contributed by atoms with van der Waals surface area (Å²) in [5.74, 6) is -0.615. The number of aromatic nitrogens is 2. The predicted octanol–water partition coefficient (Wildman–Crippen LogP) is 3.11. The fourth-order valence-corrected chi connectivity index (χ4v) is 3.66. The average molecular weight is 439 g/mol. The van der Waals surface area contributed by atoms with Crippen LogP contribution in [0.4, 0.5) is 0 Å². The Morgan fingerprint density at radius 3 is 2.62 bits per heavy atom. The molecule has 1 amide bonds. The van der Waals surface area contributed by atoms with E-state index < -0.39 is 23.5 Å². The molecule has 0 saturated carbocycles. The van der Waals surface area contributed by atoms with Crippen LogP contribution in [0.5, 0.6) is 0 Å². The summed E-state index contributed by atoms with van der Waals surface area (Å²) >= 11 is 0. The number of nitrogens with one attached hydrogen (secondary N) is 1. The zero-order chi connectivity index (χ0) is 23.5. The van der Waals surface area contributed by atoms with Gasteiger partial charge in [0.05, 0.1) is 22.5 Å². The number of rotatable bonds is 5. The van der Waals surface area contributed by atoms with E-state index in [1.807, 2.05) is 13.8 Å². The van der Waals surface area contributed by atoms with E-state index in [2.05, 4.69) is 16.4 Å². The third-order valence-electron chi connectivity index (χ3n) is 6.23. The molecule has 32 heavy (non-hydrogen) atoms. The Balaban J connectivity index is 1.81. The number of ether oxygens (including phenoxy) is 1. The summed E-state index contributed by atoms with van der Waals surface area (Å²) in [4.78, 5) is 42.7. The first-order chi connectivity index (χ1) is 15.2. The number of carbonyl (C=O) groups is 2. The van der Waals surface area contributed by atoms with E-state index in [-0.39, 0.29) is 17.0 Å². The lowest BCUT2D eigenvalue weighted by Crippen LogP contribution is -2.52. The van der Waals surface area contributed by atoms with Crippen LogP contribution in [0.1, 0.15) is 69.6 Å². The number of hydrogen-bond donors (Lipinski definition) is 1. The maximum Gasteiger partial charge on any atom is 0.338 e. The second-order valence-corrected chi connectivity index (χ2v) is 8.89. The van der Waals surface area contributed by atoms with Crippen LogP contribution >= 0.6 is 0 Å². The van der Waals surface area contributed by atoms with Crippen LogP contribution in [0, 0.1) is 17.2 Å². The molecule has 2 aromatic rings. The van der Waals surface area contributed by atoms with Crippen molar-refractivity contribution in [1.82, 2.24) is 14.9 Å². The molecule has 8 heteroatoms. The minimum Gasteiger partial charge on any atom is -0.449 e. The zero-order valence-corrected chi connectivity index (χ0v) is 19.1. The van der Waals surface area contributed by atoms with Crippen LogP contribution in [0.2, 0.25) is 0 Å². The Morgan fingerprint density at radius 2 is 1.94 bits per heavy atom. The molecule has 0 radical (unpaired) electrons. The minimum atomic E-state index is -1.08. The van der Waals surface area contributed by atoms with Gasteiger partial charge in [0.15, 0.2) is 6.10 Å². The lowest BCUT2D eigenvalue weighted by Gasteiger charge is -2.28. The molecule has 170 valence electrons. The third-order valence-corrected chi connectivity index (χ3v) is 6.23. The topological polar surface area (TPSA) is 114 Å². The second kappa shape index (κ2) is 9.51. The van der Waals surface area contributed by atoms with E-state index in [0.717, 1.165) is 37.9 Å². The van der Waals surface area contributed by atoms with Gasteiger partial charge in [-0.05, 0) is 50.8 Å². The quantitative estimate of drug-likeness (QED) is 0.718. The van der Waals surface area contributed by atoms with Crippen LogP contribution in [0.15, 0.2) is 23.0 Å². The third kappa shape index (κ3) is 4.82. The summed E-state index contributed by atoms with van der Waals surface area (Å²) < 4.78 is 7.07. The maximum absolute atomic E-state index is 12.9. The van der Waals surface area contributed by atoms with Crippen molar-refractivity contribution in [2.45, 2.75) is 78.0 Å². The van der Waals surface area contributed by atoms with Crippen molar-refractivity contribution in [3.8, 4) is 6.07 Å². The number of amides is 1. The van der Waals surface area contributed by atoms with Crippen molar-refractivity contribution < 1.29 is 14.3 Å². The van der Waals surface area contributed by atoms with Crippen LogP contribution in [-0.2, 0) is 22.5 Å². The highest BCUT2D eigenvalue weighted by Crippen LogP contribution is 2.18. The van der Waals surface area contributed by atoms with Gasteiger partial charge in [-0.25, -0.2) is 9.78 Å². The van der Waals surface area contributed by atoms with Gasteiger partial charge >= 0.3 is 5.97 Å². The van der Waals surface area contributed by atoms with Gasteiger partial charge in [-0.3, -0.25) is 14.2 Å². The molecule has 0 bridgehead atoms. The number of nitriles is 1. The second-order valence-electron chi connectivity index (χ2n) is 8.89. The van der Waals surface area contributed by atoms with Gasteiger partial charge in [-0.15, -0.1) is 0 Å². The van der Waals surface area contributed by atoms with E-state index >= 15 is 0 Å². The number of hydrogen-bond acceptors (Lipinski definition) is 6. The van der Waals surface area contributed by atoms with Crippen molar-refractivity contribution in [2.75, 3.05) is 0 Å². The Kier molecular flexibility index (Phi) is 6.97. The molecule has 8 nitrogen and oxygen atoms in total. The Labute approximate surface area is 187 Å². The first-order valence-corrected chi connectivity index (χ1v) is 11.1. The molecule has 0 fully saturated rings. The summed E-state index contributed by atoms with van der Waals surface area (Å²) in [5.41, 5.74) is -0.496. The van der Waals surface area contributed by atoms with Gasteiger partial charge in [-0.1, -0.05) is 26.7 Å². The van der Waals surface area contributed by atoms with Gasteiger partial charge in [0.25, 0.3) is 11.5 Å². The van der Waals surface area contributed by atoms with Crippen LogP contribution < -0.4 is 10.9 Å². The molecule has 1 N–H and O–H groups in total. The monoisotopic (exact) mass is 438 g/mol. The van der Waals surface area contributed by atoms with Gasteiger partial charge in [0.1, 0.15) is 11.4 Å². The van der Waals surface area contributed by atoms with Gasteiger partial charge < -0.3 is 10.1 Å². The number of esters is 1. The number of aryl methyl sites for hydroxylation is 1. The van der Waals surface area contributed by atoms with Gasteiger partial charge in [0.2, 0.25) is 0 Å². The number of benzene rings is 1. The predicted molar refractivity (Wildman–Crippen MR) is 120 cm³/mol. The summed E-state index contributed by atoms with van der Waals surface area (Å²) in [6.07, 6.45) is 3.78. The Hall–Kier alpha value is -3.21. The number of carbonyl (C=O) groups excluding carboxylic acids is 2. The molecule has 0 unspecified atom stereocenters. The maximum atomic E-state index is 12.9. The van der Waals surface area contributed by atoms with Crippen LogP contribution in [-0.4, -0.2) is 33.1 Å². The normalized spacial score (nSPS) is 16.8. The first-order valence-electron chi connectivity index (χ1n) is 11.1. The summed E-state index contributed by atoms with van der Waals surface area (Å²) in [6, 6.07) is 6.74. The fraction of sp³-hybridized carbons (Fsp3) is 0.542. The van der Waals surface area contributed by atoms with E-state index in [0.29, 0.717) is 17.4 Å². The lowest BCUT2D eigenvalue weighted by atomic mass is 9.90. The van der Waals surface area contributed by atoms with E-state index in [9.17, 15) is 19.6 Å². The molecule has 1 aliphatic rings. The molecule has 1 aromatic carbocycles. The Bertz CT molecular complexity index is 1130. The molecule has 0 saturated heterocycles. The van der Waals surface area contributed by atoms with Crippen molar-refractivity contribution >= 4 is 22.8 Å². The molecule has 2 heterocycles. The van der Waals surface area contributed by atoms with E-state index in [1.54, 1.807) is 17.6 Å². The molecule has 3 rings (SSSR count). The highest BCUT2D eigenvalue weighted by atomic mass is 16.5. The van der Waals surface area contributed by atoms with Crippen molar-refractivity contribution in [3.05, 3.63) is 39.9 Å². The molecular weight excluding hydrogens is 408 g/mol.